The normalized spacial score (nSPS) is 26.8. The van der Waals surface area contributed by atoms with E-state index in [0.29, 0.717) is 38.8 Å². The Bertz CT molecular complexity index is 257. The van der Waals surface area contributed by atoms with Crippen LogP contribution < -0.4 is 5.73 Å². The molecule has 0 atom stereocenters. The molecule has 1 aliphatic rings. The highest BCUT2D eigenvalue weighted by Crippen LogP contribution is 2.45. The summed E-state index contributed by atoms with van der Waals surface area (Å²) in [6, 6.07) is 0. The molecule has 1 aliphatic carbocycles. The second-order valence-electron chi connectivity index (χ2n) is 5.28. The van der Waals surface area contributed by atoms with Crippen molar-refractivity contribution in [2.45, 2.75) is 19.8 Å². The molecule has 0 unspecified atom stereocenters. The van der Waals surface area contributed by atoms with Gasteiger partial charge in [-0.15, -0.1) is 0 Å². The largest absolute Gasteiger partial charge is 0.383 e. The maximum absolute atomic E-state index is 12.6. The van der Waals surface area contributed by atoms with Crippen molar-refractivity contribution in [2.24, 2.45) is 17.1 Å². The molecule has 0 aromatic heterocycles. The van der Waals surface area contributed by atoms with E-state index >= 15 is 0 Å². The Morgan fingerprint density at radius 1 is 1.28 bits per heavy atom. The Kier molecular flexibility index (Phi) is 6.05. The minimum atomic E-state index is -0.332. The summed E-state index contributed by atoms with van der Waals surface area (Å²) in [5.74, 6) is 0.765. The predicted octanol–water partition coefficient (Wildman–Crippen LogP) is 0.483. The van der Waals surface area contributed by atoms with Crippen LogP contribution in [0.3, 0.4) is 0 Å². The van der Waals surface area contributed by atoms with Gasteiger partial charge < -0.3 is 20.1 Å². The van der Waals surface area contributed by atoms with E-state index in [0.717, 1.165) is 12.8 Å². The third-order valence-electron chi connectivity index (χ3n) is 3.74. The molecule has 1 saturated carbocycles. The molecule has 0 heterocycles. The molecule has 106 valence electrons. The smallest absolute Gasteiger partial charge is 0.230 e. The molecule has 0 aliphatic heterocycles. The molecule has 0 spiro atoms. The number of nitrogens with zero attached hydrogens (tertiary/aromatic N) is 1. The molecule has 0 bridgehead atoms. The van der Waals surface area contributed by atoms with Gasteiger partial charge in [-0.05, 0) is 18.8 Å². The van der Waals surface area contributed by atoms with Gasteiger partial charge >= 0.3 is 0 Å². The van der Waals surface area contributed by atoms with Crippen LogP contribution in [-0.2, 0) is 14.3 Å². The van der Waals surface area contributed by atoms with Crippen LogP contribution in [-0.4, -0.2) is 57.9 Å². The van der Waals surface area contributed by atoms with E-state index in [9.17, 15) is 4.79 Å². The van der Waals surface area contributed by atoms with Gasteiger partial charge in [-0.3, -0.25) is 4.79 Å². The number of ether oxygens (including phenoxy) is 2. The van der Waals surface area contributed by atoms with Crippen LogP contribution in [0.15, 0.2) is 0 Å². The molecule has 5 heteroatoms. The summed E-state index contributed by atoms with van der Waals surface area (Å²) in [6.07, 6.45) is 1.80. The zero-order chi connectivity index (χ0) is 13.6. The molecule has 0 aromatic carbocycles. The van der Waals surface area contributed by atoms with E-state index < -0.39 is 0 Å². The van der Waals surface area contributed by atoms with Gasteiger partial charge in [0.05, 0.1) is 18.6 Å². The van der Waals surface area contributed by atoms with Crippen molar-refractivity contribution in [3.8, 4) is 0 Å². The van der Waals surface area contributed by atoms with E-state index in [4.69, 9.17) is 15.2 Å². The van der Waals surface area contributed by atoms with Crippen LogP contribution in [0.4, 0.5) is 0 Å². The predicted molar refractivity (Wildman–Crippen MR) is 70.2 cm³/mol. The standard InChI is InChI=1S/C13H26N2O3/c1-11-8-13(9-11,10-14)12(16)15(4-6-17-2)5-7-18-3/h11H,4-10,14H2,1-3H3. The first-order valence-corrected chi connectivity index (χ1v) is 6.57. The highest BCUT2D eigenvalue weighted by molar-refractivity contribution is 5.84. The number of hydrogen-bond acceptors (Lipinski definition) is 4. The summed E-state index contributed by atoms with van der Waals surface area (Å²) < 4.78 is 10.1. The SMILES string of the molecule is COCCN(CCOC)C(=O)C1(CN)CC(C)C1. The van der Waals surface area contributed by atoms with Crippen LogP contribution in [0.2, 0.25) is 0 Å². The maximum Gasteiger partial charge on any atom is 0.230 e. The topological polar surface area (TPSA) is 64.8 Å². The zero-order valence-corrected chi connectivity index (χ0v) is 11.8. The Balaban J connectivity index is 2.61. The minimum Gasteiger partial charge on any atom is -0.383 e. The molecule has 0 aromatic rings. The number of carbonyl (C=O) groups is 1. The van der Waals surface area contributed by atoms with Crippen molar-refractivity contribution >= 4 is 5.91 Å². The van der Waals surface area contributed by atoms with Crippen molar-refractivity contribution < 1.29 is 14.3 Å². The molecule has 1 rings (SSSR count). The minimum absolute atomic E-state index is 0.164. The first-order chi connectivity index (χ1) is 8.59. The van der Waals surface area contributed by atoms with Crippen LogP contribution in [0.5, 0.6) is 0 Å². The zero-order valence-electron chi connectivity index (χ0n) is 11.8. The van der Waals surface area contributed by atoms with Crippen LogP contribution >= 0.6 is 0 Å². The Morgan fingerprint density at radius 2 is 1.78 bits per heavy atom. The van der Waals surface area contributed by atoms with Crippen molar-refractivity contribution in [3.63, 3.8) is 0 Å². The molecule has 1 amide bonds. The monoisotopic (exact) mass is 258 g/mol. The van der Waals surface area contributed by atoms with Gasteiger partial charge in [0, 0.05) is 33.9 Å². The highest BCUT2D eigenvalue weighted by Gasteiger charge is 2.48. The van der Waals surface area contributed by atoms with Crippen LogP contribution in [0, 0.1) is 11.3 Å². The third kappa shape index (κ3) is 3.43. The lowest BCUT2D eigenvalue weighted by atomic mass is 9.62. The maximum atomic E-state index is 12.6. The second kappa shape index (κ2) is 7.07. The lowest BCUT2D eigenvalue weighted by molar-refractivity contribution is -0.151. The molecule has 5 nitrogen and oxygen atoms in total. The van der Waals surface area contributed by atoms with Crippen molar-refractivity contribution in [3.05, 3.63) is 0 Å². The first kappa shape index (κ1) is 15.4. The number of carbonyl (C=O) groups excluding carboxylic acids is 1. The summed E-state index contributed by atoms with van der Waals surface area (Å²) >= 11 is 0. The van der Waals surface area contributed by atoms with Gasteiger partial charge in [0.25, 0.3) is 0 Å². The van der Waals surface area contributed by atoms with Gasteiger partial charge in [-0.25, -0.2) is 0 Å². The second-order valence-corrected chi connectivity index (χ2v) is 5.28. The van der Waals surface area contributed by atoms with E-state index in [2.05, 4.69) is 6.92 Å². The van der Waals surface area contributed by atoms with Crippen molar-refractivity contribution in [2.75, 3.05) is 47.1 Å². The quantitative estimate of drug-likeness (QED) is 0.688. The number of nitrogens with two attached hydrogens (primary N) is 1. The van der Waals surface area contributed by atoms with Crippen LogP contribution in [0.1, 0.15) is 19.8 Å². The van der Waals surface area contributed by atoms with E-state index in [1.165, 1.54) is 0 Å². The van der Waals surface area contributed by atoms with Crippen LogP contribution in [0.25, 0.3) is 0 Å². The Hall–Kier alpha value is -0.650. The number of amides is 1. The number of hydrogen-bond donors (Lipinski definition) is 1. The summed E-state index contributed by atoms with van der Waals surface area (Å²) in [6.45, 7) is 4.91. The number of methoxy groups -OCH3 is 2. The highest BCUT2D eigenvalue weighted by atomic mass is 16.5. The fraction of sp³-hybridized carbons (Fsp3) is 0.923. The van der Waals surface area contributed by atoms with Gasteiger partial charge in [0.1, 0.15) is 0 Å². The fourth-order valence-corrected chi connectivity index (χ4v) is 2.76. The first-order valence-electron chi connectivity index (χ1n) is 6.57. The third-order valence-corrected chi connectivity index (χ3v) is 3.74. The molecule has 0 saturated heterocycles. The van der Waals surface area contributed by atoms with E-state index in [-0.39, 0.29) is 11.3 Å². The summed E-state index contributed by atoms with van der Waals surface area (Å²) in [4.78, 5) is 14.4. The van der Waals surface area contributed by atoms with E-state index in [1.54, 1.807) is 14.2 Å². The summed E-state index contributed by atoms with van der Waals surface area (Å²) in [5, 5.41) is 0. The van der Waals surface area contributed by atoms with Gasteiger partial charge in [-0.2, -0.15) is 0 Å². The molecule has 2 N–H and O–H groups in total. The molecular formula is C13H26N2O3. The van der Waals surface area contributed by atoms with Crippen molar-refractivity contribution in [1.29, 1.82) is 0 Å². The van der Waals surface area contributed by atoms with E-state index in [1.807, 2.05) is 4.90 Å². The average molecular weight is 258 g/mol. The van der Waals surface area contributed by atoms with Gasteiger partial charge in [0.15, 0.2) is 0 Å². The summed E-state index contributed by atoms with van der Waals surface area (Å²) in [5.41, 5.74) is 5.48. The summed E-state index contributed by atoms with van der Waals surface area (Å²) in [7, 11) is 3.28. The molecular weight excluding hydrogens is 232 g/mol. The van der Waals surface area contributed by atoms with Crippen molar-refractivity contribution in [1.82, 2.24) is 4.90 Å². The molecule has 18 heavy (non-hydrogen) atoms. The van der Waals surface area contributed by atoms with Gasteiger partial charge in [-0.1, -0.05) is 6.92 Å². The molecule has 0 radical (unpaired) electrons. The Labute approximate surface area is 110 Å². The average Bonchev–Trinajstić information content (AvgIpc) is 2.34. The number of rotatable bonds is 8. The lowest BCUT2D eigenvalue weighted by Crippen LogP contribution is -2.55. The lowest BCUT2D eigenvalue weighted by Gasteiger charge is -2.46. The molecule has 1 fully saturated rings. The van der Waals surface area contributed by atoms with Gasteiger partial charge in [0.2, 0.25) is 5.91 Å². The Morgan fingerprint density at radius 3 is 2.11 bits per heavy atom. The fourth-order valence-electron chi connectivity index (χ4n) is 2.76.